The van der Waals surface area contributed by atoms with Crippen molar-refractivity contribution in [2.75, 3.05) is 19.1 Å². The Hall–Kier alpha value is -3.67. The molecule has 0 aliphatic carbocycles. The molecular formula is C22H20N4O2. The van der Waals surface area contributed by atoms with E-state index in [9.17, 15) is 0 Å². The standard InChI is InChI=1S/C22H20N4O2/c1-26(15-16-6-4-3-5-7-16)20-13-10-18(14-23-20)22-24-21(25-28-22)17-8-11-19(27-2)12-9-17/h3-14H,15H2,1-2H3. The Balaban J connectivity index is 1.48. The van der Waals surface area contributed by atoms with Crippen LogP contribution in [0.3, 0.4) is 0 Å². The molecular weight excluding hydrogens is 352 g/mol. The highest BCUT2D eigenvalue weighted by molar-refractivity contribution is 5.60. The van der Waals surface area contributed by atoms with Crippen LogP contribution in [0, 0.1) is 0 Å². The van der Waals surface area contributed by atoms with Gasteiger partial charge in [0.05, 0.1) is 12.7 Å². The topological polar surface area (TPSA) is 64.3 Å². The van der Waals surface area contributed by atoms with Crippen LogP contribution in [0.1, 0.15) is 5.56 Å². The van der Waals surface area contributed by atoms with Crippen LogP contribution in [0.2, 0.25) is 0 Å². The minimum atomic E-state index is 0.440. The van der Waals surface area contributed by atoms with Gasteiger partial charge in [-0.2, -0.15) is 4.98 Å². The fraction of sp³-hybridized carbons (Fsp3) is 0.136. The third kappa shape index (κ3) is 3.86. The van der Waals surface area contributed by atoms with E-state index in [1.165, 1.54) is 5.56 Å². The van der Waals surface area contributed by atoms with Crippen molar-refractivity contribution < 1.29 is 9.26 Å². The largest absolute Gasteiger partial charge is 0.497 e. The highest BCUT2D eigenvalue weighted by Crippen LogP contribution is 2.24. The maximum Gasteiger partial charge on any atom is 0.259 e. The first kappa shape index (κ1) is 17.7. The average Bonchev–Trinajstić information content (AvgIpc) is 3.25. The van der Waals surface area contributed by atoms with Crippen molar-refractivity contribution in [1.29, 1.82) is 0 Å². The van der Waals surface area contributed by atoms with Gasteiger partial charge in [0.25, 0.3) is 5.89 Å². The average molecular weight is 372 g/mol. The van der Waals surface area contributed by atoms with Crippen molar-refractivity contribution in [3.05, 3.63) is 78.5 Å². The molecule has 6 nitrogen and oxygen atoms in total. The van der Waals surface area contributed by atoms with Gasteiger partial charge in [0.2, 0.25) is 5.82 Å². The lowest BCUT2D eigenvalue weighted by atomic mass is 10.2. The lowest BCUT2D eigenvalue weighted by molar-refractivity contribution is 0.415. The zero-order valence-corrected chi connectivity index (χ0v) is 15.7. The summed E-state index contributed by atoms with van der Waals surface area (Å²) in [4.78, 5) is 11.1. The van der Waals surface area contributed by atoms with Gasteiger partial charge in [0.1, 0.15) is 11.6 Å². The Labute approximate surface area is 163 Å². The van der Waals surface area contributed by atoms with Crippen LogP contribution in [0.25, 0.3) is 22.8 Å². The lowest BCUT2D eigenvalue weighted by Crippen LogP contribution is -2.17. The molecule has 0 N–H and O–H groups in total. The molecule has 0 aliphatic rings. The molecule has 4 aromatic rings. The molecule has 0 unspecified atom stereocenters. The molecule has 0 atom stereocenters. The maximum atomic E-state index is 5.41. The lowest BCUT2D eigenvalue weighted by Gasteiger charge is -2.18. The van der Waals surface area contributed by atoms with E-state index in [-0.39, 0.29) is 0 Å². The molecule has 2 heterocycles. The molecule has 0 amide bonds. The van der Waals surface area contributed by atoms with E-state index in [1.807, 2.05) is 61.6 Å². The molecule has 0 bridgehead atoms. The van der Waals surface area contributed by atoms with Crippen LogP contribution < -0.4 is 9.64 Å². The van der Waals surface area contributed by atoms with E-state index in [0.717, 1.165) is 29.2 Å². The first-order valence-corrected chi connectivity index (χ1v) is 8.92. The summed E-state index contributed by atoms with van der Waals surface area (Å²) >= 11 is 0. The van der Waals surface area contributed by atoms with Gasteiger partial charge in [-0.3, -0.25) is 0 Å². The highest BCUT2D eigenvalue weighted by Gasteiger charge is 2.12. The van der Waals surface area contributed by atoms with E-state index >= 15 is 0 Å². The van der Waals surface area contributed by atoms with Crippen LogP contribution in [0.5, 0.6) is 5.75 Å². The molecule has 6 heteroatoms. The first-order valence-electron chi connectivity index (χ1n) is 8.92. The normalized spacial score (nSPS) is 10.6. The van der Waals surface area contributed by atoms with Gasteiger partial charge in [-0.05, 0) is 42.0 Å². The third-order valence-electron chi connectivity index (χ3n) is 4.42. The van der Waals surface area contributed by atoms with Crippen LogP contribution in [-0.4, -0.2) is 29.3 Å². The number of methoxy groups -OCH3 is 1. The molecule has 2 aromatic carbocycles. The Morgan fingerprint density at radius 1 is 0.929 bits per heavy atom. The Bertz CT molecular complexity index is 1030. The maximum absolute atomic E-state index is 5.41. The zero-order chi connectivity index (χ0) is 19.3. The molecule has 0 saturated heterocycles. The number of benzene rings is 2. The van der Waals surface area contributed by atoms with Crippen molar-refractivity contribution in [2.45, 2.75) is 6.54 Å². The van der Waals surface area contributed by atoms with Crippen LogP contribution in [-0.2, 0) is 6.54 Å². The third-order valence-corrected chi connectivity index (χ3v) is 4.42. The first-order chi connectivity index (χ1) is 13.7. The van der Waals surface area contributed by atoms with Gasteiger partial charge in [-0.25, -0.2) is 4.98 Å². The number of hydrogen-bond acceptors (Lipinski definition) is 6. The Morgan fingerprint density at radius 2 is 1.68 bits per heavy atom. The number of pyridine rings is 1. The molecule has 28 heavy (non-hydrogen) atoms. The van der Waals surface area contributed by atoms with Gasteiger partial charge in [0, 0.05) is 25.4 Å². The molecule has 2 aromatic heterocycles. The Morgan fingerprint density at radius 3 is 2.36 bits per heavy atom. The molecule has 0 saturated carbocycles. The fourth-order valence-electron chi connectivity index (χ4n) is 2.87. The number of ether oxygens (including phenoxy) is 1. The monoisotopic (exact) mass is 372 g/mol. The van der Waals surface area contributed by atoms with Gasteiger partial charge < -0.3 is 14.2 Å². The quantitative estimate of drug-likeness (QED) is 0.498. The molecule has 0 fully saturated rings. The summed E-state index contributed by atoms with van der Waals surface area (Å²) in [7, 11) is 3.65. The molecule has 140 valence electrons. The summed E-state index contributed by atoms with van der Waals surface area (Å²) in [6.45, 7) is 0.787. The number of anilines is 1. The second-order valence-electron chi connectivity index (χ2n) is 6.40. The summed E-state index contributed by atoms with van der Waals surface area (Å²) in [5, 5.41) is 4.07. The van der Waals surface area contributed by atoms with E-state index in [4.69, 9.17) is 9.26 Å². The van der Waals surface area contributed by atoms with E-state index in [1.54, 1.807) is 13.3 Å². The van der Waals surface area contributed by atoms with E-state index < -0.39 is 0 Å². The van der Waals surface area contributed by atoms with Crippen LogP contribution in [0.15, 0.2) is 77.4 Å². The molecule has 0 radical (unpaired) electrons. The van der Waals surface area contributed by atoms with E-state index in [0.29, 0.717) is 11.7 Å². The van der Waals surface area contributed by atoms with E-state index in [2.05, 4.69) is 32.2 Å². The minimum absolute atomic E-state index is 0.440. The highest BCUT2D eigenvalue weighted by atomic mass is 16.5. The number of rotatable bonds is 6. The van der Waals surface area contributed by atoms with Crippen molar-refractivity contribution >= 4 is 5.82 Å². The van der Waals surface area contributed by atoms with Gasteiger partial charge >= 0.3 is 0 Å². The van der Waals surface area contributed by atoms with Crippen molar-refractivity contribution in [3.8, 4) is 28.6 Å². The van der Waals surface area contributed by atoms with Gasteiger partial charge in [0.15, 0.2) is 0 Å². The summed E-state index contributed by atoms with van der Waals surface area (Å²) in [6.07, 6.45) is 1.75. The SMILES string of the molecule is COc1ccc(-c2noc(-c3ccc(N(C)Cc4ccccc4)nc3)n2)cc1. The second kappa shape index (κ2) is 7.92. The summed E-state index contributed by atoms with van der Waals surface area (Å²) < 4.78 is 10.6. The minimum Gasteiger partial charge on any atom is -0.497 e. The number of nitrogens with zero attached hydrogens (tertiary/aromatic N) is 4. The fourth-order valence-corrected chi connectivity index (χ4v) is 2.87. The summed E-state index contributed by atoms with van der Waals surface area (Å²) in [5.41, 5.74) is 2.88. The van der Waals surface area contributed by atoms with Crippen molar-refractivity contribution in [2.24, 2.45) is 0 Å². The van der Waals surface area contributed by atoms with Crippen molar-refractivity contribution in [1.82, 2.24) is 15.1 Å². The Kier molecular flexibility index (Phi) is 5.01. The number of aromatic nitrogens is 3. The predicted molar refractivity (Wildman–Crippen MR) is 108 cm³/mol. The summed E-state index contributed by atoms with van der Waals surface area (Å²) in [6, 6.07) is 21.7. The zero-order valence-electron chi connectivity index (χ0n) is 15.7. The predicted octanol–water partition coefficient (Wildman–Crippen LogP) is 4.44. The second-order valence-corrected chi connectivity index (χ2v) is 6.40. The smallest absolute Gasteiger partial charge is 0.259 e. The molecule has 4 rings (SSSR count). The van der Waals surface area contributed by atoms with Gasteiger partial charge in [-0.1, -0.05) is 35.5 Å². The molecule has 0 spiro atoms. The summed E-state index contributed by atoms with van der Waals surface area (Å²) in [5.74, 6) is 2.63. The van der Waals surface area contributed by atoms with Crippen LogP contribution >= 0.6 is 0 Å². The number of hydrogen-bond donors (Lipinski definition) is 0. The van der Waals surface area contributed by atoms with Crippen molar-refractivity contribution in [3.63, 3.8) is 0 Å². The van der Waals surface area contributed by atoms with Gasteiger partial charge in [-0.15, -0.1) is 0 Å². The molecule has 0 aliphatic heterocycles. The van der Waals surface area contributed by atoms with Crippen LogP contribution in [0.4, 0.5) is 5.82 Å².